The van der Waals surface area contributed by atoms with E-state index in [-0.39, 0.29) is 24.8 Å². The van der Waals surface area contributed by atoms with Gasteiger partial charge in [-0.05, 0) is 54.6 Å². The lowest BCUT2D eigenvalue weighted by Gasteiger charge is -2.13. The quantitative estimate of drug-likeness (QED) is 0.461. The first kappa shape index (κ1) is 21.8. The molecule has 1 aliphatic heterocycles. The Morgan fingerprint density at radius 3 is 2.33 bits per heavy atom. The number of aliphatic hydroxyl groups is 1. The monoisotopic (exact) mass is 443 g/mol. The molecule has 0 unspecified atom stereocenters. The predicted octanol–water partition coefficient (Wildman–Crippen LogP) is 3.39. The zero-order chi connectivity index (χ0) is 23.2. The molecule has 0 spiro atoms. The molecule has 0 aliphatic carbocycles. The number of β-amino-alcohol motifs (C(OH)–C–C–N with tert-alkyl or cyclic N) is 1. The minimum absolute atomic E-state index is 0.0724. The summed E-state index contributed by atoms with van der Waals surface area (Å²) in [6.45, 7) is -0.384. The van der Waals surface area contributed by atoms with Crippen molar-refractivity contribution in [1.82, 2.24) is 4.90 Å². The second-order valence-electron chi connectivity index (χ2n) is 7.18. The Labute approximate surface area is 190 Å². The summed E-state index contributed by atoms with van der Waals surface area (Å²) in [5.74, 6) is 0.00674. The summed E-state index contributed by atoms with van der Waals surface area (Å²) in [7, 11) is 0. The molecule has 33 heavy (non-hydrogen) atoms. The Morgan fingerprint density at radius 1 is 0.879 bits per heavy atom. The highest BCUT2D eigenvalue weighted by Crippen LogP contribution is 2.23. The smallest absolute Gasteiger partial charge is 0.277 e. The summed E-state index contributed by atoms with van der Waals surface area (Å²) in [5, 5.41) is 14.7. The molecular weight excluding hydrogens is 422 g/mol. The van der Waals surface area contributed by atoms with E-state index in [9.17, 15) is 14.4 Å². The molecule has 1 aliphatic rings. The minimum atomic E-state index is -0.526. The van der Waals surface area contributed by atoms with E-state index < -0.39 is 11.8 Å². The van der Waals surface area contributed by atoms with E-state index >= 15 is 0 Å². The Balaban J connectivity index is 1.39. The largest absolute Gasteiger partial charge is 0.457 e. The number of anilines is 2. The molecule has 0 aromatic heterocycles. The van der Waals surface area contributed by atoms with Gasteiger partial charge in [0.05, 0.1) is 13.2 Å². The van der Waals surface area contributed by atoms with Crippen molar-refractivity contribution in [2.45, 2.75) is 0 Å². The average molecular weight is 443 g/mol. The van der Waals surface area contributed by atoms with E-state index in [1.54, 1.807) is 48.5 Å². The number of para-hydroxylation sites is 1. The topological polar surface area (TPSA) is 108 Å². The summed E-state index contributed by atoms with van der Waals surface area (Å²) >= 11 is 0. The number of nitrogens with one attached hydrogen (secondary N) is 2. The standard InChI is InChI=1S/C25H21N3O5/c29-14-13-28-23(30)16-22(25(28)32)26-19-6-4-5-17(15-19)24(31)27-18-9-11-21(12-10-18)33-20-7-2-1-3-8-20/h1-12,15-16,26,29H,13-14H2,(H,27,31). The SMILES string of the molecule is O=C(Nc1ccc(Oc2ccccc2)cc1)c1cccc(NC2=CC(=O)N(CCO)C2=O)c1. The molecule has 1 heterocycles. The summed E-state index contributed by atoms with van der Waals surface area (Å²) in [6.07, 6.45) is 1.17. The van der Waals surface area contributed by atoms with E-state index in [0.717, 1.165) is 10.6 Å². The third-order valence-corrected chi connectivity index (χ3v) is 4.83. The normalized spacial score (nSPS) is 13.0. The van der Waals surface area contributed by atoms with Gasteiger partial charge in [0, 0.05) is 23.0 Å². The lowest BCUT2D eigenvalue weighted by Crippen LogP contribution is -2.34. The van der Waals surface area contributed by atoms with Crippen LogP contribution in [0.15, 0.2) is 90.6 Å². The molecule has 0 atom stereocenters. The fourth-order valence-corrected chi connectivity index (χ4v) is 3.24. The van der Waals surface area contributed by atoms with Crippen LogP contribution < -0.4 is 15.4 Å². The van der Waals surface area contributed by atoms with Crippen molar-refractivity contribution >= 4 is 29.1 Å². The fourth-order valence-electron chi connectivity index (χ4n) is 3.24. The molecule has 3 aromatic rings. The first-order chi connectivity index (χ1) is 16.0. The van der Waals surface area contributed by atoms with E-state index in [0.29, 0.717) is 22.7 Å². The summed E-state index contributed by atoms with van der Waals surface area (Å²) < 4.78 is 5.75. The van der Waals surface area contributed by atoms with Crippen molar-refractivity contribution in [3.05, 3.63) is 96.2 Å². The van der Waals surface area contributed by atoms with Crippen LogP contribution in [0.1, 0.15) is 10.4 Å². The maximum atomic E-state index is 12.7. The Hall–Kier alpha value is -4.43. The molecule has 0 saturated heterocycles. The lowest BCUT2D eigenvalue weighted by atomic mass is 10.1. The number of hydrogen-bond donors (Lipinski definition) is 3. The molecule has 3 aromatic carbocycles. The number of nitrogens with zero attached hydrogens (tertiary/aromatic N) is 1. The number of hydrogen-bond acceptors (Lipinski definition) is 6. The van der Waals surface area contributed by atoms with Crippen molar-refractivity contribution in [1.29, 1.82) is 0 Å². The zero-order valence-corrected chi connectivity index (χ0v) is 17.5. The number of rotatable bonds is 8. The van der Waals surface area contributed by atoms with Gasteiger partial charge in [-0.2, -0.15) is 0 Å². The van der Waals surface area contributed by atoms with Gasteiger partial charge in [0.2, 0.25) is 0 Å². The average Bonchev–Trinajstić information content (AvgIpc) is 3.09. The van der Waals surface area contributed by atoms with E-state index in [2.05, 4.69) is 10.6 Å². The lowest BCUT2D eigenvalue weighted by molar-refractivity contribution is -0.137. The number of benzene rings is 3. The first-order valence-electron chi connectivity index (χ1n) is 10.2. The molecule has 0 saturated carbocycles. The highest BCUT2D eigenvalue weighted by molar-refractivity contribution is 6.17. The highest BCUT2D eigenvalue weighted by Gasteiger charge is 2.30. The maximum absolute atomic E-state index is 12.7. The predicted molar refractivity (Wildman–Crippen MR) is 123 cm³/mol. The highest BCUT2D eigenvalue weighted by atomic mass is 16.5. The van der Waals surface area contributed by atoms with E-state index in [1.807, 2.05) is 30.3 Å². The Kier molecular flexibility index (Phi) is 6.47. The van der Waals surface area contributed by atoms with Gasteiger partial charge in [-0.1, -0.05) is 24.3 Å². The number of imide groups is 1. The number of carbonyl (C=O) groups excluding carboxylic acids is 3. The van der Waals surface area contributed by atoms with Crippen LogP contribution in [0.25, 0.3) is 0 Å². The summed E-state index contributed by atoms with van der Waals surface area (Å²) in [4.78, 5) is 37.8. The molecular formula is C25H21N3O5. The van der Waals surface area contributed by atoms with Gasteiger partial charge in [-0.25, -0.2) is 0 Å². The van der Waals surface area contributed by atoms with Crippen molar-refractivity contribution in [2.24, 2.45) is 0 Å². The van der Waals surface area contributed by atoms with Crippen LogP contribution in [0.2, 0.25) is 0 Å². The van der Waals surface area contributed by atoms with Crippen molar-refractivity contribution in [3.63, 3.8) is 0 Å². The Bertz CT molecular complexity index is 1210. The van der Waals surface area contributed by atoms with Gasteiger partial charge in [0.25, 0.3) is 17.7 Å². The first-order valence-corrected chi connectivity index (χ1v) is 10.2. The van der Waals surface area contributed by atoms with Crippen LogP contribution >= 0.6 is 0 Å². The minimum Gasteiger partial charge on any atom is -0.457 e. The number of ether oxygens (including phenoxy) is 1. The van der Waals surface area contributed by atoms with E-state index in [1.165, 1.54) is 6.08 Å². The molecule has 8 nitrogen and oxygen atoms in total. The molecule has 166 valence electrons. The number of aliphatic hydroxyl groups excluding tert-OH is 1. The molecule has 4 rings (SSSR count). The fraction of sp³-hybridized carbons (Fsp3) is 0.0800. The molecule has 0 fully saturated rings. The van der Waals surface area contributed by atoms with Gasteiger partial charge in [-0.15, -0.1) is 0 Å². The van der Waals surface area contributed by atoms with Crippen LogP contribution in [0.3, 0.4) is 0 Å². The van der Waals surface area contributed by atoms with Crippen molar-refractivity contribution in [2.75, 3.05) is 23.8 Å². The second kappa shape index (κ2) is 9.80. The summed E-state index contributed by atoms with van der Waals surface area (Å²) in [5.41, 5.74) is 1.53. The van der Waals surface area contributed by atoms with Crippen LogP contribution in [0.4, 0.5) is 11.4 Å². The van der Waals surface area contributed by atoms with Crippen molar-refractivity contribution in [3.8, 4) is 11.5 Å². The third kappa shape index (κ3) is 5.25. The van der Waals surface area contributed by atoms with Crippen LogP contribution in [0, 0.1) is 0 Å². The van der Waals surface area contributed by atoms with Crippen LogP contribution in [0.5, 0.6) is 11.5 Å². The molecule has 3 N–H and O–H groups in total. The number of carbonyl (C=O) groups is 3. The van der Waals surface area contributed by atoms with Gasteiger partial charge >= 0.3 is 0 Å². The second-order valence-corrected chi connectivity index (χ2v) is 7.18. The third-order valence-electron chi connectivity index (χ3n) is 4.83. The van der Waals surface area contributed by atoms with Crippen LogP contribution in [-0.2, 0) is 9.59 Å². The zero-order valence-electron chi connectivity index (χ0n) is 17.5. The molecule has 0 bridgehead atoms. The molecule has 3 amide bonds. The van der Waals surface area contributed by atoms with Gasteiger partial charge in [0.15, 0.2) is 0 Å². The Morgan fingerprint density at radius 2 is 1.61 bits per heavy atom. The van der Waals surface area contributed by atoms with Gasteiger partial charge in [0.1, 0.15) is 17.2 Å². The van der Waals surface area contributed by atoms with Crippen LogP contribution in [-0.4, -0.2) is 40.9 Å². The maximum Gasteiger partial charge on any atom is 0.277 e. The molecule has 8 heteroatoms. The molecule has 0 radical (unpaired) electrons. The van der Waals surface area contributed by atoms with Gasteiger partial charge < -0.3 is 20.5 Å². The summed E-state index contributed by atoms with van der Waals surface area (Å²) in [6, 6.07) is 22.9. The van der Waals surface area contributed by atoms with Gasteiger partial charge in [-0.3, -0.25) is 19.3 Å². The van der Waals surface area contributed by atoms with E-state index in [4.69, 9.17) is 9.84 Å². The number of amides is 3. The van der Waals surface area contributed by atoms with Crippen molar-refractivity contribution < 1.29 is 24.2 Å².